The van der Waals surface area contributed by atoms with Crippen molar-refractivity contribution in [1.82, 2.24) is 9.80 Å². The summed E-state index contributed by atoms with van der Waals surface area (Å²) >= 11 is 0. The molecule has 9 heteroatoms. The molecule has 2 aromatic rings. The third-order valence-electron chi connectivity index (χ3n) is 6.02. The van der Waals surface area contributed by atoms with Crippen LogP contribution in [0.5, 0.6) is 0 Å². The molecule has 0 saturated carbocycles. The van der Waals surface area contributed by atoms with Gasteiger partial charge in [-0.3, -0.25) is 4.89 Å². The molecular formula is C27H32F2N2O5. The number of amides is 2. The van der Waals surface area contributed by atoms with E-state index in [4.69, 9.17) is 4.89 Å². The van der Waals surface area contributed by atoms with Crippen molar-refractivity contribution < 1.29 is 33.3 Å². The Morgan fingerprint density at radius 3 is 2.44 bits per heavy atom. The second kappa shape index (κ2) is 12.6. The zero-order chi connectivity index (χ0) is 26.1. The highest BCUT2D eigenvalue weighted by atomic mass is 19.3. The molecule has 36 heavy (non-hydrogen) atoms. The predicted molar refractivity (Wildman–Crippen MR) is 130 cm³/mol. The molecule has 2 unspecified atom stereocenters. The molecule has 0 aromatic heterocycles. The Bertz CT molecular complexity index is 1020. The Labute approximate surface area is 209 Å². The number of carbonyl (C=O) groups excluding carboxylic acids is 2. The van der Waals surface area contributed by atoms with Crippen molar-refractivity contribution in [3.05, 3.63) is 83.9 Å². The fourth-order valence-electron chi connectivity index (χ4n) is 4.19. The minimum absolute atomic E-state index is 0.169. The fourth-order valence-corrected chi connectivity index (χ4v) is 4.19. The van der Waals surface area contributed by atoms with Crippen molar-refractivity contribution in [2.75, 3.05) is 13.2 Å². The molecule has 2 amide bonds. The van der Waals surface area contributed by atoms with E-state index in [1.54, 1.807) is 15.9 Å². The van der Waals surface area contributed by atoms with Crippen molar-refractivity contribution in [1.29, 1.82) is 0 Å². The minimum Gasteiger partial charge on any atom is -0.382 e. The average Bonchev–Trinajstić information content (AvgIpc) is 3.17. The van der Waals surface area contributed by atoms with Gasteiger partial charge >= 0.3 is 17.9 Å². The molecule has 1 aliphatic heterocycles. The first-order chi connectivity index (χ1) is 17.2. The molecule has 1 saturated heterocycles. The number of hydrogen-bond donors (Lipinski definition) is 1. The summed E-state index contributed by atoms with van der Waals surface area (Å²) in [6.07, 6.45) is 1.56. The van der Waals surface area contributed by atoms with Crippen molar-refractivity contribution >= 4 is 12.0 Å². The van der Waals surface area contributed by atoms with E-state index >= 15 is 0 Å². The third kappa shape index (κ3) is 7.11. The van der Waals surface area contributed by atoms with E-state index in [9.17, 15) is 23.5 Å². The lowest BCUT2D eigenvalue weighted by atomic mass is 10.0. The van der Waals surface area contributed by atoms with E-state index in [2.05, 4.69) is 4.89 Å². The quantitative estimate of drug-likeness (QED) is 0.198. The van der Waals surface area contributed by atoms with Gasteiger partial charge in [0.1, 0.15) is 6.10 Å². The van der Waals surface area contributed by atoms with Crippen LogP contribution >= 0.6 is 0 Å². The molecule has 1 N–H and O–H groups in total. The summed E-state index contributed by atoms with van der Waals surface area (Å²) in [5, 5.41) is 10.3. The molecule has 0 aliphatic carbocycles. The molecule has 2 aromatic carbocycles. The number of nitrogens with zero attached hydrogens (tertiary/aromatic N) is 2. The monoisotopic (exact) mass is 502 g/mol. The summed E-state index contributed by atoms with van der Waals surface area (Å²) in [7, 11) is 0. The lowest BCUT2D eigenvalue weighted by molar-refractivity contribution is -0.270. The minimum atomic E-state index is -3.48. The summed E-state index contributed by atoms with van der Waals surface area (Å²) in [4.78, 5) is 36.7. The predicted octanol–water partition coefficient (Wildman–Crippen LogP) is 4.67. The Kier molecular flexibility index (Phi) is 9.55. The van der Waals surface area contributed by atoms with Gasteiger partial charge in [-0.05, 0) is 25.3 Å². The van der Waals surface area contributed by atoms with Gasteiger partial charge in [0.15, 0.2) is 0 Å². The highest BCUT2D eigenvalue weighted by molar-refractivity contribution is 5.78. The molecule has 0 spiro atoms. The van der Waals surface area contributed by atoms with Crippen LogP contribution in [0, 0.1) is 0 Å². The summed E-state index contributed by atoms with van der Waals surface area (Å²) in [6, 6.07) is 15.7. The van der Waals surface area contributed by atoms with Crippen LogP contribution < -0.4 is 0 Å². The summed E-state index contributed by atoms with van der Waals surface area (Å²) < 4.78 is 29.5. The average molecular weight is 503 g/mol. The number of halogens is 2. The largest absolute Gasteiger partial charge is 0.382 e. The molecule has 3 rings (SSSR count). The molecule has 3 atom stereocenters. The van der Waals surface area contributed by atoms with Crippen molar-refractivity contribution in [3.63, 3.8) is 0 Å². The van der Waals surface area contributed by atoms with Gasteiger partial charge in [-0.25, -0.2) is 9.59 Å². The second-order valence-corrected chi connectivity index (χ2v) is 8.83. The van der Waals surface area contributed by atoms with Crippen LogP contribution in [-0.2, 0) is 27.0 Å². The maximum atomic E-state index is 14.8. The lowest BCUT2D eigenvalue weighted by Crippen LogP contribution is -2.41. The number of alkyl halides is 2. The number of hydrogen-bond acceptors (Lipinski definition) is 5. The van der Waals surface area contributed by atoms with E-state index in [0.717, 1.165) is 11.6 Å². The van der Waals surface area contributed by atoms with Crippen LogP contribution in [0.4, 0.5) is 13.6 Å². The van der Waals surface area contributed by atoms with Gasteiger partial charge in [0.05, 0.1) is 12.6 Å². The Morgan fingerprint density at radius 1 is 1.17 bits per heavy atom. The Balaban J connectivity index is 1.72. The highest BCUT2D eigenvalue weighted by Crippen LogP contribution is 2.33. The van der Waals surface area contributed by atoms with E-state index in [1.165, 1.54) is 37.3 Å². The van der Waals surface area contributed by atoms with Crippen LogP contribution in [0.15, 0.2) is 72.8 Å². The van der Waals surface area contributed by atoms with Gasteiger partial charge in [0, 0.05) is 31.6 Å². The van der Waals surface area contributed by atoms with Crippen LogP contribution in [0.2, 0.25) is 0 Å². The maximum absolute atomic E-state index is 14.8. The van der Waals surface area contributed by atoms with Crippen LogP contribution in [0.3, 0.4) is 0 Å². The van der Waals surface area contributed by atoms with Gasteiger partial charge in [-0.15, -0.1) is 0 Å². The molecule has 1 heterocycles. The SMILES string of the molecule is CC(=O)OOCCCC(C)N1C(=O)N(Cc2ccccc2)C[C@@H]1/C=C/C(O)C(F)(F)c1ccccc1. The van der Waals surface area contributed by atoms with Gasteiger partial charge in [-0.1, -0.05) is 72.8 Å². The number of aliphatic hydroxyl groups is 1. The first-order valence-electron chi connectivity index (χ1n) is 11.9. The van der Waals surface area contributed by atoms with Crippen LogP contribution in [-0.4, -0.2) is 58.2 Å². The summed E-state index contributed by atoms with van der Waals surface area (Å²) in [6.45, 7) is 3.95. The van der Waals surface area contributed by atoms with E-state index in [0.29, 0.717) is 25.9 Å². The fraction of sp³-hybridized carbons (Fsp3) is 0.407. The molecular weight excluding hydrogens is 470 g/mol. The second-order valence-electron chi connectivity index (χ2n) is 8.83. The zero-order valence-corrected chi connectivity index (χ0v) is 20.4. The normalized spacial score (nSPS) is 18.0. The van der Waals surface area contributed by atoms with Gasteiger partial charge in [0.25, 0.3) is 0 Å². The first-order valence-corrected chi connectivity index (χ1v) is 11.9. The lowest BCUT2D eigenvalue weighted by Gasteiger charge is -2.29. The highest BCUT2D eigenvalue weighted by Gasteiger charge is 2.41. The maximum Gasteiger partial charge on any atom is 0.339 e. The van der Waals surface area contributed by atoms with Crippen LogP contribution in [0.25, 0.3) is 0 Å². The Hall–Kier alpha value is -3.30. The zero-order valence-electron chi connectivity index (χ0n) is 20.4. The van der Waals surface area contributed by atoms with Gasteiger partial charge in [0.2, 0.25) is 0 Å². The van der Waals surface area contributed by atoms with E-state index in [-0.39, 0.29) is 24.2 Å². The smallest absolute Gasteiger partial charge is 0.339 e. The topological polar surface area (TPSA) is 79.3 Å². The number of aliphatic hydroxyl groups excluding tert-OH is 1. The van der Waals surface area contributed by atoms with Gasteiger partial charge < -0.3 is 14.9 Å². The van der Waals surface area contributed by atoms with Gasteiger partial charge in [-0.2, -0.15) is 13.7 Å². The van der Waals surface area contributed by atoms with Crippen LogP contribution in [0.1, 0.15) is 37.8 Å². The molecule has 0 radical (unpaired) electrons. The molecule has 1 aliphatic rings. The number of rotatable bonds is 12. The first kappa shape index (κ1) is 27.3. The number of urea groups is 1. The summed E-state index contributed by atoms with van der Waals surface area (Å²) in [5.41, 5.74) is 0.668. The van der Waals surface area contributed by atoms with Crippen molar-refractivity contribution in [2.24, 2.45) is 0 Å². The van der Waals surface area contributed by atoms with Crippen molar-refractivity contribution in [2.45, 2.75) is 57.3 Å². The molecule has 194 valence electrons. The number of benzene rings is 2. The number of carbonyl (C=O) groups is 2. The Morgan fingerprint density at radius 2 is 1.81 bits per heavy atom. The summed E-state index contributed by atoms with van der Waals surface area (Å²) in [5.74, 6) is -4.03. The van der Waals surface area contributed by atoms with E-state index < -0.39 is 24.0 Å². The molecule has 7 nitrogen and oxygen atoms in total. The van der Waals surface area contributed by atoms with E-state index in [1.807, 2.05) is 37.3 Å². The van der Waals surface area contributed by atoms with Crippen molar-refractivity contribution in [3.8, 4) is 0 Å². The molecule has 1 fully saturated rings. The standard InChI is InChI=1S/C27H32F2N2O5/c1-20(10-9-17-35-36-21(2)32)31-24(19-30(26(31)34)18-22-11-5-3-6-12-22)15-16-25(33)27(28,29)23-13-7-4-8-14-23/h3-8,11-16,20,24-25,33H,9-10,17-19H2,1-2H3/b16-15+/t20?,24-,25?/m0/s1. The third-order valence-corrected chi connectivity index (χ3v) is 6.02. The molecule has 0 bridgehead atoms.